The lowest BCUT2D eigenvalue weighted by molar-refractivity contribution is 0.0695. The van der Waals surface area contributed by atoms with Crippen LogP contribution in [-0.4, -0.2) is 40.5 Å². The first-order chi connectivity index (χ1) is 10.7. The molecule has 0 unspecified atom stereocenters. The molecule has 0 atom stereocenters. The van der Waals surface area contributed by atoms with Gasteiger partial charge in [-0.25, -0.2) is 4.98 Å². The van der Waals surface area contributed by atoms with Gasteiger partial charge in [-0.1, -0.05) is 0 Å². The van der Waals surface area contributed by atoms with E-state index in [0.29, 0.717) is 17.4 Å². The Labute approximate surface area is 131 Å². The number of hydrogen-bond acceptors (Lipinski definition) is 3. The quantitative estimate of drug-likeness (QED) is 0.948. The van der Waals surface area contributed by atoms with Gasteiger partial charge in [-0.15, -0.1) is 0 Å². The molecule has 1 aliphatic rings. The zero-order valence-electron chi connectivity index (χ0n) is 13.1. The molecule has 2 aromatic heterocycles. The molecule has 0 bridgehead atoms. The molecule has 22 heavy (non-hydrogen) atoms. The fourth-order valence-electron chi connectivity index (χ4n) is 3.05. The largest absolute Gasteiger partial charge is 0.372 e. The standard InChI is InChI=1S/C17H22N4O/c1-13-5-6-15(16(18-2)19-13)17(22)21-11-7-14(8-12-21)20-9-3-4-10-20/h3-6,9-10,14H,7-8,11-12H2,1-2H3,(H,18,19). The van der Waals surface area contributed by atoms with Gasteiger partial charge in [-0.05, 0) is 44.0 Å². The summed E-state index contributed by atoms with van der Waals surface area (Å²) in [6.07, 6.45) is 6.19. The van der Waals surface area contributed by atoms with E-state index < -0.39 is 0 Å². The number of rotatable bonds is 3. The summed E-state index contributed by atoms with van der Waals surface area (Å²) in [4.78, 5) is 19.1. The second-order valence-corrected chi connectivity index (χ2v) is 5.75. The Balaban J connectivity index is 1.70. The number of hydrogen-bond donors (Lipinski definition) is 1. The number of nitrogens with zero attached hydrogens (tertiary/aromatic N) is 3. The predicted molar refractivity (Wildman–Crippen MR) is 87.1 cm³/mol. The topological polar surface area (TPSA) is 50.2 Å². The number of nitrogens with one attached hydrogen (secondary N) is 1. The molecule has 5 nitrogen and oxygen atoms in total. The van der Waals surface area contributed by atoms with Crippen LogP contribution in [0.4, 0.5) is 5.82 Å². The monoisotopic (exact) mass is 298 g/mol. The van der Waals surface area contributed by atoms with Gasteiger partial charge in [-0.2, -0.15) is 0 Å². The normalized spacial score (nSPS) is 15.8. The molecule has 1 saturated heterocycles. The van der Waals surface area contributed by atoms with E-state index in [2.05, 4.69) is 39.4 Å². The van der Waals surface area contributed by atoms with Crippen molar-refractivity contribution in [2.24, 2.45) is 0 Å². The number of piperidine rings is 1. The molecule has 0 spiro atoms. The third-order valence-electron chi connectivity index (χ3n) is 4.30. The Kier molecular flexibility index (Phi) is 4.13. The van der Waals surface area contributed by atoms with Crippen LogP contribution in [0.15, 0.2) is 36.7 Å². The molecular weight excluding hydrogens is 276 g/mol. The smallest absolute Gasteiger partial charge is 0.257 e. The van der Waals surface area contributed by atoms with Gasteiger partial charge in [0.05, 0.1) is 5.56 Å². The van der Waals surface area contributed by atoms with E-state index in [-0.39, 0.29) is 5.91 Å². The Morgan fingerprint density at radius 2 is 1.91 bits per heavy atom. The molecule has 2 aromatic rings. The van der Waals surface area contributed by atoms with Crippen LogP contribution in [0.5, 0.6) is 0 Å². The van der Waals surface area contributed by atoms with Gasteiger partial charge in [0, 0.05) is 44.3 Å². The van der Waals surface area contributed by atoms with Gasteiger partial charge in [0.1, 0.15) is 5.82 Å². The minimum Gasteiger partial charge on any atom is -0.372 e. The summed E-state index contributed by atoms with van der Waals surface area (Å²) in [5, 5.41) is 3.02. The van der Waals surface area contributed by atoms with Gasteiger partial charge in [-0.3, -0.25) is 4.79 Å². The molecule has 1 aliphatic heterocycles. The summed E-state index contributed by atoms with van der Waals surface area (Å²) in [6.45, 7) is 3.51. The number of amides is 1. The fraction of sp³-hybridized carbons (Fsp3) is 0.412. The van der Waals surface area contributed by atoms with Crippen LogP contribution < -0.4 is 5.32 Å². The maximum Gasteiger partial charge on any atom is 0.257 e. The highest BCUT2D eigenvalue weighted by molar-refractivity contribution is 5.98. The van der Waals surface area contributed by atoms with Crippen LogP contribution in [0, 0.1) is 6.92 Å². The summed E-state index contributed by atoms with van der Waals surface area (Å²) < 4.78 is 2.24. The highest BCUT2D eigenvalue weighted by atomic mass is 16.2. The van der Waals surface area contributed by atoms with Crippen LogP contribution in [0.2, 0.25) is 0 Å². The van der Waals surface area contributed by atoms with Gasteiger partial charge >= 0.3 is 0 Å². The summed E-state index contributed by atoms with van der Waals surface area (Å²) in [7, 11) is 1.80. The van der Waals surface area contributed by atoms with Crippen molar-refractivity contribution in [2.75, 3.05) is 25.5 Å². The summed E-state index contributed by atoms with van der Waals surface area (Å²) in [6, 6.07) is 8.36. The minimum atomic E-state index is 0.0720. The molecule has 3 rings (SSSR count). The van der Waals surface area contributed by atoms with E-state index in [1.54, 1.807) is 7.05 Å². The minimum absolute atomic E-state index is 0.0720. The van der Waals surface area contributed by atoms with Crippen molar-refractivity contribution in [3.63, 3.8) is 0 Å². The fourth-order valence-corrected chi connectivity index (χ4v) is 3.05. The van der Waals surface area contributed by atoms with Crippen molar-refractivity contribution in [3.05, 3.63) is 47.9 Å². The molecular formula is C17H22N4O. The van der Waals surface area contributed by atoms with Crippen molar-refractivity contribution in [1.82, 2.24) is 14.5 Å². The lowest BCUT2D eigenvalue weighted by Gasteiger charge is -2.33. The number of carbonyl (C=O) groups excluding carboxylic acids is 1. The van der Waals surface area contributed by atoms with Crippen LogP contribution in [-0.2, 0) is 0 Å². The van der Waals surface area contributed by atoms with E-state index in [1.807, 2.05) is 24.0 Å². The SMILES string of the molecule is CNc1nc(C)ccc1C(=O)N1CCC(n2cccc2)CC1. The third kappa shape index (κ3) is 2.84. The Hall–Kier alpha value is -2.30. The first-order valence-electron chi connectivity index (χ1n) is 7.76. The summed E-state index contributed by atoms with van der Waals surface area (Å²) in [5.74, 6) is 0.736. The molecule has 5 heteroatoms. The average Bonchev–Trinajstić information content (AvgIpc) is 3.08. The number of anilines is 1. The Morgan fingerprint density at radius 1 is 1.23 bits per heavy atom. The van der Waals surface area contributed by atoms with Crippen molar-refractivity contribution in [2.45, 2.75) is 25.8 Å². The molecule has 0 aliphatic carbocycles. The molecule has 0 aromatic carbocycles. The number of aryl methyl sites for hydroxylation is 1. The zero-order valence-corrected chi connectivity index (χ0v) is 13.1. The maximum atomic E-state index is 12.7. The van der Waals surface area contributed by atoms with E-state index >= 15 is 0 Å². The second kappa shape index (κ2) is 6.22. The Morgan fingerprint density at radius 3 is 2.55 bits per heavy atom. The lowest BCUT2D eigenvalue weighted by Crippen LogP contribution is -2.39. The molecule has 1 amide bonds. The number of carbonyl (C=O) groups is 1. The molecule has 1 fully saturated rings. The second-order valence-electron chi connectivity index (χ2n) is 5.75. The molecule has 0 saturated carbocycles. The zero-order chi connectivity index (χ0) is 15.5. The molecule has 116 valence electrons. The first-order valence-corrected chi connectivity index (χ1v) is 7.76. The van der Waals surface area contributed by atoms with E-state index in [9.17, 15) is 4.79 Å². The maximum absolute atomic E-state index is 12.7. The van der Waals surface area contributed by atoms with Crippen LogP contribution in [0.1, 0.15) is 34.9 Å². The summed E-state index contributed by atoms with van der Waals surface area (Å²) in [5.41, 5.74) is 1.57. The van der Waals surface area contributed by atoms with E-state index in [1.165, 1.54) is 0 Å². The number of aromatic nitrogens is 2. The van der Waals surface area contributed by atoms with Crippen molar-refractivity contribution < 1.29 is 4.79 Å². The van der Waals surface area contributed by atoms with Crippen molar-refractivity contribution in [3.8, 4) is 0 Å². The number of pyridine rings is 1. The highest BCUT2D eigenvalue weighted by Gasteiger charge is 2.25. The Bertz CT molecular complexity index is 643. The van der Waals surface area contributed by atoms with Crippen LogP contribution in [0.3, 0.4) is 0 Å². The van der Waals surface area contributed by atoms with Gasteiger partial charge in [0.2, 0.25) is 0 Å². The first kappa shape index (κ1) is 14.6. The van der Waals surface area contributed by atoms with Crippen molar-refractivity contribution in [1.29, 1.82) is 0 Å². The molecule has 1 N–H and O–H groups in total. The average molecular weight is 298 g/mol. The molecule has 0 radical (unpaired) electrons. The van der Waals surface area contributed by atoms with Crippen LogP contribution in [0.25, 0.3) is 0 Å². The van der Waals surface area contributed by atoms with Gasteiger partial charge < -0.3 is 14.8 Å². The van der Waals surface area contributed by atoms with Gasteiger partial charge in [0.15, 0.2) is 0 Å². The third-order valence-corrected chi connectivity index (χ3v) is 4.30. The lowest BCUT2D eigenvalue weighted by atomic mass is 10.0. The van der Waals surface area contributed by atoms with E-state index in [0.717, 1.165) is 31.6 Å². The molecule has 3 heterocycles. The van der Waals surface area contributed by atoms with Crippen LogP contribution >= 0.6 is 0 Å². The number of likely N-dealkylation sites (tertiary alicyclic amines) is 1. The van der Waals surface area contributed by atoms with Gasteiger partial charge in [0.25, 0.3) is 5.91 Å². The van der Waals surface area contributed by atoms with Crippen molar-refractivity contribution >= 4 is 11.7 Å². The summed E-state index contributed by atoms with van der Waals surface area (Å²) >= 11 is 0. The highest BCUT2D eigenvalue weighted by Crippen LogP contribution is 2.25. The van der Waals surface area contributed by atoms with E-state index in [4.69, 9.17) is 0 Å². The predicted octanol–water partition coefficient (Wildman–Crippen LogP) is 2.71.